The van der Waals surface area contributed by atoms with E-state index in [2.05, 4.69) is 15.6 Å². The van der Waals surface area contributed by atoms with Crippen LogP contribution in [-0.4, -0.2) is 23.9 Å². The number of hydrogen-bond donors (Lipinski definition) is 2. The number of thiazole rings is 1. The Morgan fingerprint density at radius 3 is 2.91 bits per heavy atom. The normalized spacial score (nSPS) is 10.5. The van der Waals surface area contributed by atoms with Gasteiger partial charge in [-0.05, 0) is 12.1 Å². The van der Waals surface area contributed by atoms with E-state index in [1.807, 2.05) is 0 Å². The number of anilines is 2. The van der Waals surface area contributed by atoms with Crippen LogP contribution in [0.2, 0.25) is 0 Å². The number of benzene rings is 1. The summed E-state index contributed by atoms with van der Waals surface area (Å²) in [6, 6.07) is 6.85. The van der Waals surface area contributed by atoms with Gasteiger partial charge in [0.15, 0.2) is 5.13 Å². The average molecular weight is 327 g/mol. The number of carbonyl (C=O) groups is 1. The van der Waals surface area contributed by atoms with Crippen molar-refractivity contribution in [2.75, 3.05) is 17.2 Å². The third-order valence-electron chi connectivity index (χ3n) is 2.55. The van der Waals surface area contributed by atoms with Crippen molar-refractivity contribution in [2.45, 2.75) is 19.9 Å². The van der Waals surface area contributed by atoms with Crippen molar-refractivity contribution in [2.24, 2.45) is 0 Å². The van der Waals surface area contributed by atoms with E-state index in [0.29, 0.717) is 23.1 Å². The van der Waals surface area contributed by atoms with Gasteiger partial charge in [-0.15, -0.1) is 11.3 Å². The van der Waals surface area contributed by atoms with Crippen molar-refractivity contribution < 1.29 is 18.3 Å². The number of para-hydroxylation sites is 2. The summed E-state index contributed by atoms with van der Waals surface area (Å²) in [5, 5.41) is 8.01. The molecule has 2 N–H and O–H groups in total. The molecule has 0 aliphatic rings. The Morgan fingerprint density at radius 1 is 1.41 bits per heavy atom. The average Bonchev–Trinajstić information content (AvgIpc) is 2.90. The van der Waals surface area contributed by atoms with Crippen molar-refractivity contribution in [3.8, 4) is 5.75 Å². The number of amides is 1. The Balaban J connectivity index is 1.96. The first kappa shape index (κ1) is 16.2. The molecule has 2 aromatic rings. The van der Waals surface area contributed by atoms with Crippen molar-refractivity contribution in [3.05, 3.63) is 35.3 Å². The second-order valence-electron chi connectivity index (χ2n) is 4.38. The van der Waals surface area contributed by atoms with Crippen LogP contribution in [0.3, 0.4) is 0 Å². The predicted octanol–water partition coefficient (Wildman–Crippen LogP) is 3.36. The Hall–Kier alpha value is -2.22. The summed E-state index contributed by atoms with van der Waals surface area (Å²) < 4.78 is 29.5. The first-order valence-corrected chi connectivity index (χ1v) is 7.38. The molecule has 0 spiro atoms. The monoisotopic (exact) mass is 327 g/mol. The molecular formula is C14H15F2N3O2S. The van der Waals surface area contributed by atoms with Gasteiger partial charge in [0.1, 0.15) is 12.4 Å². The van der Waals surface area contributed by atoms with Crippen molar-refractivity contribution in [3.63, 3.8) is 0 Å². The number of carbonyl (C=O) groups excluding carboxylic acids is 1. The molecule has 0 unspecified atom stereocenters. The number of halogens is 2. The Labute approximate surface area is 130 Å². The lowest BCUT2D eigenvalue weighted by molar-refractivity contribution is -0.114. The van der Waals surface area contributed by atoms with Crippen LogP contribution in [-0.2, 0) is 11.3 Å². The molecule has 1 aromatic heterocycles. The number of ether oxygens (including phenoxy) is 1. The molecule has 1 amide bonds. The summed E-state index contributed by atoms with van der Waals surface area (Å²) in [4.78, 5) is 15.2. The maximum Gasteiger partial charge on any atom is 0.272 e. The molecule has 2 rings (SSSR count). The number of aromatic nitrogens is 1. The van der Waals surface area contributed by atoms with E-state index in [1.165, 1.54) is 18.3 Å². The molecule has 1 aromatic carbocycles. The minimum atomic E-state index is -2.52. The number of nitrogens with zero attached hydrogens (tertiary/aromatic N) is 1. The molecular weight excluding hydrogens is 312 g/mol. The highest BCUT2D eigenvalue weighted by Crippen LogP contribution is 2.25. The zero-order valence-corrected chi connectivity index (χ0v) is 12.6. The van der Waals surface area contributed by atoms with Gasteiger partial charge < -0.3 is 15.4 Å². The predicted molar refractivity (Wildman–Crippen MR) is 81.7 cm³/mol. The molecule has 0 saturated carbocycles. The molecule has 8 heteroatoms. The fourth-order valence-corrected chi connectivity index (χ4v) is 2.43. The minimum absolute atomic E-state index is 0.181. The number of nitrogens with one attached hydrogen (secondary N) is 2. The van der Waals surface area contributed by atoms with Crippen LogP contribution in [0.4, 0.5) is 19.6 Å². The standard InChI is InChI=1S/C14H15F2N3O2S/c1-9(20)18-14-19-10(8-22-14)6-17-11-4-2-3-5-12(11)21-7-13(15)16/h2-5,8,13,17H,6-7H2,1H3,(H,18,19,20). The lowest BCUT2D eigenvalue weighted by Crippen LogP contribution is -2.09. The van der Waals surface area contributed by atoms with Crippen LogP contribution in [0.1, 0.15) is 12.6 Å². The van der Waals surface area contributed by atoms with Crippen molar-refractivity contribution in [1.29, 1.82) is 0 Å². The van der Waals surface area contributed by atoms with Gasteiger partial charge >= 0.3 is 0 Å². The van der Waals surface area contributed by atoms with Gasteiger partial charge in [0.2, 0.25) is 5.91 Å². The molecule has 0 fully saturated rings. The van der Waals surface area contributed by atoms with Crippen LogP contribution in [0.15, 0.2) is 29.6 Å². The lowest BCUT2D eigenvalue weighted by Gasteiger charge is -2.12. The highest BCUT2D eigenvalue weighted by Gasteiger charge is 2.08. The van der Waals surface area contributed by atoms with Gasteiger partial charge in [0.05, 0.1) is 17.9 Å². The molecule has 118 valence electrons. The fraction of sp³-hybridized carbons (Fsp3) is 0.286. The zero-order valence-electron chi connectivity index (χ0n) is 11.8. The smallest absolute Gasteiger partial charge is 0.272 e. The first-order chi connectivity index (χ1) is 10.5. The number of alkyl halides is 2. The SMILES string of the molecule is CC(=O)Nc1nc(CNc2ccccc2OCC(F)F)cs1. The van der Waals surface area contributed by atoms with Crippen LogP contribution in [0.5, 0.6) is 5.75 Å². The highest BCUT2D eigenvalue weighted by molar-refractivity contribution is 7.13. The minimum Gasteiger partial charge on any atom is -0.485 e. The van der Waals surface area contributed by atoms with E-state index in [1.54, 1.807) is 29.6 Å². The maximum absolute atomic E-state index is 12.2. The molecule has 0 aliphatic heterocycles. The highest BCUT2D eigenvalue weighted by atomic mass is 32.1. The summed E-state index contributed by atoms with van der Waals surface area (Å²) in [5.41, 5.74) is 1.34. The molecule has 0 atom stereocenters. The third-order valence-corrected chi connectivity index (χ3v) is 3.35. The summed E-state index contributed by atoms with van der Waals surface area (Å²) in [6.07, 6.45) is -2.52. The molecule has 1 heterocycles. The van der Waals surface area contributed by atoms with E-state index in [-0.39, 0.29) is 5.91 Å². The molecule has 0 bridgehead atoms. The zero-order chi connectivity index (χ0) is 15.9. The summed E-state index contributed by atoms with van der Waals surface area (Å²) in [5.74, 6) is 0.180. The van der Waals surface area contributed by atoms with Gasteiger partial charge in [0.25, 0.3) is 6.43 Å². The fourth-order valence-electron chi connectivity index (χ4n) is 1.67. The quantitative estimate of drug-likeness (QED) is 0.818. The summed E-state index contributed by atoms with van der Waals surface area (Å²) in [6.45, 7) is 1.16. The second-order valence-corrected chi connectivity index (χ2v) is 5.24. The largest absolute Gasteiger partial charge is 0.485 e. The van der Waals surface area contributed by atoms with E-state index >= 15 is 0 Å². The van der Waals surface area contributed by atoms with Crippen molar-refractivity contribution >= 4 is 28.1 Å². The third kappa shape index (κ3) is 4.96. The molecule has 0 saturated heterocycles. The van der Waals surface area contributed by atoms with Gasteiger partial charge in [-0.2, -0.15) is 0 Å². The van der Waals surface area contributed by atoms with Crippen LogP contribution < -0.4 is 15.4 Å². The van der Waals surface area contributed by atoms with Gasteiger partial charge in [-0.1, -0.05) is 12.1 Å². The van der Waals surface area contributed by atoms with E-state index in [0.717, 1.165) is 5.69 Å². The summed E-state index contributed by atoms with van der Waals surface area (Å²) >= 11 is 1.32. The van der Waals surface area contributed by atoms with E-state index in [9.17, 15) is 13.6 Å². The Morgan fingerprint density at radius 2 is 2.18 bits per heavy atom. The lowest BCUT2D eigenvalue weighted by atomic mass is 10.3. The molecule has 0 aliphatic carbocycles. The number of hydrogen-bond acceptors (Lipinski definition) is 5. The topological polar surface area (TPSA) is 63.2 Å². The van der Waals surface area contributed by atoms with E-state index < -0.39 is 13.0 Å². The molecule has 5 nitrogen and oxygen atoms in total. The van der Waals surface area contributed by atoms with E-state index in [4.69, 9.17) is 4.74 Å². The van der Waals surface area contributed by atoms with Crippen LogP contribution in [0, 0.1) is 0 Å². The maximum atomic E-state index is 12.2. The Bertz CT molecular complexity index is 634. The van der Waals surface area contributed by atoms with Crippen LogP contribution in [0.25, 0.3) is 0 Å². The van der Waals surface area contributed by atoms with Crippen molar-refractivity contribution in [1.82, 2.24) is 4.98 Å². The second kappa shape index (κ2) is 7.69. The Kier molecular flexibility index (Phi) is 5.65. The van der Waals surface area contributed by atoms with Gasteiger partial charge in [0, 0.05) is 12.3 Å². The van der Waals surface area contributed by atoms with Gasteiger partial charge in [-0.3, -0.25) is 4.79 Å². The molecule has 0 radical (unpaired) electrons. The number of rotatable bonds is 7. The van der Waals surface area contributed by atoms with Crippen LogP contribution >= 0.6 is 11.3 Å². The summed E-state index contributed by atoms with van der Waals surface area (Å²) in [7, 11) is 0. The first-order valence-electron chi connectivity index (χ1n) is 6.50. The molecule has 22 heavy (non-hydrogen) atoms. The van der Waals surface area contributed by atoms with Gasteiger partial charge in [-0.25, -0.2) is 13.8 Å².